The summed E-state index contributed by atoms with van der Waals surface area (Å²) in [4.78, 5) is 0. The zero-order valence-electron chi connectivity index (χ0n) is 10.7. The van der Waals surface area contributed by atoms with Gasteiger partial charge in [0, 0.05) is 11.2 Å². The number of anilines is 1. The smallest absolute Gasteiger partial charge is 0.232 e. The van der Waals surface area contributed by atoms with Gasteiger partial charge in [-0.3, -0.25) is 9.40 Å². The molecule has 0 atom stereocenters. The lowest BCUT2D eigenvalue weighted by atomic mass is 10.2. The Balaban J connectivity index is 2.13. The molecule has 8 heteroatoms. The third kappa shape index (κ3) is 3.71. The molecule has 2 aromatic rings. The molecule has 1 heterocycles. The van der Waals surface area contributed by atoms with E-state index in [0.29, 0.717) is 22.8 Å². The lowest BCUT2D eigenvalue weighted by molar-refractivity contribution is 0.602. The SMILES string of the molecule is CCS(=O)(=O)Nc1cnn(Cc2ccc(F)cc2Cl)c1. The van der Waals surface area contributed by atoms with Gasteiger partial charge < -0.3 is 0 Å². The van der Waals surface area contributed by atoms with Crippen LogP contribution in [0.4, 0.5) is 10.1 Å². The number of nitrogens with zero attached hydrogens (tertiary/aromatic N) is 2. The number of benzene rings is 1. The van der Waals surface area contributed by atoms with E-state index in [2.05, 4.69) is 9.82 Å². The Morgan fingerprint density at radius 1 is 1.45 bits per heavy atom. The average molecular weight is 318 g/mol. The standard InChI is InChI=1S/C12H13ClFN3O2S/c1-2-20(18,19)16-11-6-15-17(8-11)7-9-3-4-10(14)5-12(9)13/h3-6,8,16H,2,7H2,1H3. The number of rotatable bonds is 5. The lowest BCUT2D eigenvalue weighted by Crippen LogP contribution is -2.14. The van der Waals surface area contributed by atoms with Crippen molar-refractivity contribution >= 4 is 27.3 Å². The van der Waals surface area contributed by atoms with Gasteiger partial charge in [-0.05, 0) is 24.6 Å². The second-order valence-corrected chi connectivity index (χ2v) is 6.59. The summed E-state index contributed by atoms with van der Waals surface area (Å²) < 4.78 is 39.7. The van der Waals surface area contributed by atoms with Crippen molar-refractivity contribution in [1.29, 1.82) is 0 Å². The number of halogens is 2. The molecule has 0 aliphatic heterocycles. The summed E-state index contributed by atoms with van der Waals surface area (Å²) in [7, 11) is -3.32. The fourth-order valence-corrected chi connectivity index (χ4v) is 2.41. The molecule has 0 radical (unpaired) electrons. The molecule has 0 unspecified atom stereocenters. The quantitative estimate of drug-likeness (QED) is 0.921. The van der Waals surface area contributed by atoms with Crippen molar-refractivity contribution in [1.82, 2.24) is 9.78 Å². The van der Waals surface area contributed by atoms with Crippen molar-refractivity contribution in [2.75, 3.05) is 10.5 Å². The van der Waals surface area contributed by atoms with Crippen molar-refractivity contribution in [3.8, 4) is 0 Å². The van der Waals surface area contributed by atoms with Gasteiger partial charge in [0.2, 0.25) is 10.0 Å². The van der Waals surface area contributed by atoms with E-state index < -0.39 is 15.8 Å². The summed E-state index contributed by atoms with van der Waals surface area (Å²) in [5.41, 5.74) is 1.08. The third-order valence-electron chi connectivity index (χ3n) is 2.63. The fraction of sp³-hybridized carbons (Fsp3) is 0.250. The maximum atomic E-state index is 12.9. The van der Waals surface area contributed by atoms with Crippen LogP contribution < -0.4 is 4.72 Å². The maximum absolute atomic E-state index is 12.9. The van der Waals surface area contributed by atoms with Crippen LogP contribution in [0.2, 0.25) is 5.02 Å². The van der Waals surface area contributed by atoms with Crippen molar-refractivity contribution in [2.45, 2.75) is 13.5 Å². The van der Waals surface area contributed by atoms with Gasteiger partial charge in [-0.25, -0.2) is 12.8 Å². The fourth-order valence-electron chi connectivity index (χ4n) is 1.58. The van der Waals surface area contributed by atoms with Gasteiger partial charge in [-0.1, -0.05) is 17.7 Å². The molecule has 0 fully saturated rings. The summed E-state index contributed by atoms with van der Waals surface area (Å²) in [6.45, 7) is 1.87. The van der Waals surface area contributed by atoms with Gasteiger partial charge in [-0.2, -0.15) is 5.10 Å². The summed E-state index contributed by atoms with van der Waals surface area (Å²) in [6.07, 6.45) is 2.96. The Labute approximate surface area is 121 Å². The Morgan fingerprint density at radius 3 is 2.85 bits per heavy atom. The number of hydrogen-bond donors (Lipinski definition) is 1. The first kappa shape index (κ1) is 14.8. The molecule has 0 saturated carbocycles. The molecule has 1 N–H and O–H groups in total. The van der Waals surface area contributed by atoms with Gasteiger partial charge >= 0.3 is 0 Å². The van der Waals surface area contributed by atoms with Crippen LogP contribution in [0, 0.1) is 5.82 Å². The van der Waals surface area contributed by atoms with Gasteiger partial charge in [0.15, 0.2) is 0 Å². The minimum Gasteiger partial charge on any atom is -0.280 e. The zero-order chi connectivity index (χ0) is 14.8. The molecule has 108 valence electrons. The first-order chi connectivity index (χ1) is 9.39. The van der Waals surface area contributed by atoms with Crippen LogP contribution in [-0.4, -0.2) is 24.0 Å². The molecule has 0 bridgehead atoms. The van der Waals surface area contributed by atoms with Crippen LogP contribution in [0.1, 0.15) is 12.5 Å². The Bertz CT molecular complexity index is 715. The van der Waals surface area contributed by atoms with E-state index in [1.165, 1.54) is 23.0 Å². The van der Waals surface area contributed by atoms with Crippen LogP contribution in [0.25, 0.3) is 0 Å². The molecule has 5 nitrogen and oxygen atoms in total. The van der Waals surface area contributed by atoms with Crippen LogP contribution in [-0.2, 0) is 16.6 Å². The normalized spacial score (nSPS) is 11.6. The predicted octanol–water partition coefficient (Wildman–Crippen LogP) is 2.49. The highest BCUT2D eigenvalue weighted by molar-refractivity contribution is 7.92. The number of sulfonamides is 1. The number of nitrogens with one attached hydrogen (secondary N) is 1. The molecule has 20 heavy (non-hydrogen) atoms. The molecule has 0 spiro atoms. The van der Waals surface area contributed by atoms with E-state index in [-0.39, 0.29) is 5.75 Å². The van der Waals surface area contributed by atoms with E-state index in [1.807, 2.05) is 0 Å². The van der Waals surface area contributed by atoms with Crippen molar-refractivity contribution < 1.29 is 12.8 Å². The largest absolute Gasteiger partial charge is 0.280 e. The maximum Gasteiger partial charge on any atom is 0.232 e. The molecular formula is C12H13ClFN3O2S. The lowest BCUT2D eigenvalue weighted by Gasteiger charge is -2.05. The van der Waals surface area contributed by atoms with E-state index in [4.69, 9.17) is 11.6 Å². The summed E-state index contributed by atoms with van der Waals surface area (Å²) in [6, 6.07) is 4.10. The highest BCUT2D eigenvalue weighted by atomic mass is 35.5. The Morgan fingerprint density at radius 2 is 2.20 bits per heavy atom. The first-order valence-corrected chi connectivity index (χ1v) is 7.89. The van der Waals surface area contributed by atoms with Crippen molar-refractivity contribution in [3.05, 3.63) is 47.0 Å². The second kappa shape index (κ2) is 5.80. The van der Waals surface area contributed by atoms with Gasteiger partial charge in [-0.15, -0.1) is 0 Å². The van der Waals surface area contributed by atoms with E-state index in [0.717, 1.165) is 0 Å². The topological polar surface area (TPSA) is 64.0 Å². The molecule has 0 aliphatic rings. The molecule has 0 saturated heterocycles. The number of hydrogen-bond acceptors (Lipinski definition) is 3. The second-order valence-electron chi connectivity index (χ2n) is 4.17. The molecule has 2 rings (SSSR count). The van der Waals surface area contributed by atoms with Crippen LogP contribution in [0.5, 0.6) is 0 Å². The van der Waals surface area contributed by atoms with E-state index in [9.17, 15) is 12.8 Å². The van der Waals surface area contributed by atoms with Crippen LogP contribution >= 0.6 is 11.6 Å². The summed E-state index contributed by atoms with van der Waals surface area (Å²) in [5.74, 6) is -0.419. The summed E-state index contributed by atoms with van der Waals surface area (Å²) >= 11 is 5.92. The minimum absolute atomic E-state index is 0.0119. The Hall–Kier alpha value is -1.60. The predicted molar refractivity (Wildman–Crippen MR) is 75.8 cm³/mol. The number of aromatic nitrogens is 2. The third-order valence-corrected chi connectivity index (χ3v) is 4.29. The zero-order valence-corrected chi connectivity index (χ0v) is 12.2. The highest BCUT2D eigenvalue weighted by Gasteiger charge is 2.09. The van der Waals surface area contributed by atoms with Gasteiger partial charge in [0.05, 0.1) is 24.2 Å². The highest BCUT2D eigenvalue weighted by Crippen LogP contribution is 2.19. The van der Waals surface area contributed by atoms with Crippen LogP contribution in [0.3, 0.4) is 0 Å². The first-order valence-electron chi connectivity index (χ1n) is 5.86. The molecular weight excluding hydrogens is 305 g/mol. The van der Waals surface area contributed by atoms with Gasteiger partial charge in [0.1, 0.15) is 5.82 Å². The summed E-state index contributed by atoms with van der Waals surface area (Å²) in [5, 5.41) is 4.33. The monoisotopic (exact) mass is 317 g/mol. The molecule has 0 aliphatic carbocycles. The van der Waals surface area contributed by atoms with Crippen molar-refractivity contribution in [3.63, 3.8) is 0 Å². The average Bonchev–Trinajstić information content (AvgIpc) is 2.79. The molecule has 1 aromatic heterocycles. The van der Waals surface area contributed by atoms with Gasteiger partial charge in [0.25, 0.3) is 0 Å². The molecule has 0 amide bonds. The van der Waals surface area contributed by atoms with E-state index in [1.54, 1.807) is 19.2 Å². The van der Waals surface area contributed by atoms with E-state index >= 15 is 0 Å². The minimum atomic E-state index is -3.32. The molecule has 1 aromatic carbocycles. The van der Waals surface area contributed by atoms with Crippen LogP contribution in [0.15, 0.2) is 30.6 Å². The Kier molecular flexibility index (Phi) is 4.29. The van der Waals surface area contributed by atoms with Crippen molar-refractivity contribution in [2.24, 2.45) is 0 Å².